The number of pyridine rings is 1. The number of fused-ring (bicyclic) bond motifs is 2. The van der Waals surface area contributed by atoms with Gasteiger partial charge in [-0.15, -0.1) is 0 Å². The molecule has 0 bridgehead atoms. The zero-order valence-corrected chi connectivity index (χ0v) is 21.2. The van der Waals surface area contributed by atoms with Gasteiger partial charge in [0.1, 0.15) is 5.82 Å². The van der Waals surface area contributed by atoms with Gasteiger partial charge in [-0.1, -0.05) is 0 Å². The molecule has 3 aliphatic heterocycles. The Morgan fingerprint density at radius 2 is 1.68 bits per heavy atom. The Hall–Kier alpha value is -3.01. The van der Waals surface area contributed by atoms with Crippen LogP contribution in [0.4, 0.5) is 5.82 Å². The van der Waals surface area contributed by atoms with Gasteiger partial charge in [0.2, 0.25) is 5.91 Å². The first kappa shape index (κ1) is 23.1. The summed E-state index contributed by atoms with van der Waals surface area (Å²) < 4.78 is 5.49. The van der Waals surface area contributed by atoms with Crippen LogP contribution in [-0.2, 0) is 22.4 Å². The maximum absolute atomic E-state index is 13.5. The third-order valence-corrected chi connectivity index (χ3v) is 9.05. The lowest BCUT2D eigenvalue weighted by Gasteiger charge is -2.27. The molecular weight excluding hydrogens is 470 g/mol. The summed E-state index contributed by atoms with van der Waals surface area (Å²) in [5.41, 5.74) is 3.83. The average Bonchev–Trinajstić information content (AvgIpc) is 3.33. The minimum absolute atomic E-state index is 0.00524. The molecule has 1 saturated carbocycles. The molecular formula is C27H35N7O3. The van der Waals surface area contributed by atoms with Crippen molar-refractivity contribution in [3.63, 3.8) is 0 Å². The van der Waals surface area contributed by atoms with Crippen molar-refractivity contribution in [2.75, 3.05) is 44.7 Å². The Labute approximate surface area is 216 Å². The number of anilines is 1. The number of ether oxygens (including phenoxy) is 1. The van der Waals surface area contributed by atoms with Crippen molar-refractivity contribution in [3.05, 3.63) is 34.8 Å². The maximum Gasteiger partial charge on any atom is 0.255 e. The molecule has 0 radical (unpaired) electrons. The molecule has 2 aromatic heterocycles. The first-order valence-electron chi connectivity index (χ1n) is 13.9. The van der Waals surface area contributed by atoms with E-state index in [9.17, 15) is 9.59 Å². The van der Waals surface area contributed by atoms with Crippen LogP contribution in [0.1, 0.15) is 65.3 Å². The van der Waals surface area contributed by atoms with E-state index in [4.69, 9.17) is 9.72 Å². The van der Waals surface area contributed by atoms with Crippen LogP contribution in [0.25, 0.3) is 0 Å². The second-order valence-electron chi connectivity index (χ2n) is 11.6. The molecule has 10 nitrogen and oxygen atoms in total. The number of aromatic amines is 1. The molecule has 7 rings (SSSR count). The summed E-state index contributed by atoms with van der Waals surface area (Å²) >= 11 is 0. The molecule has 4 fully saturated rings. The fourth-order valence-corrected chi connectivity index (χ4v) is 6.74. The van der Waals surface area contributed by atoms with E-state index in [1.807, 2.05) is 9.80 Å². The Kier molecular flexibility index (Phi) is 5.86. The summed E-state index contributed by atoms with van der Waals surface area (Å²) in [7, 11) is 0. The number of carbonyl (C=O) groups excluding carboxylic acids is 2. The van der Waals surface area contributed by atoms with E-state index >= 15 is 0 Å². The van der Waals surface area contributed by atoms with Crippen molar-refractivity contribution < 1.29 is 14.3 Å². The van der Waals surface area contributed by atoms with Crippen molar-refractivity contribution in [1.29, 1.82) is 0 Å². The molecule has 196 valence electrons. The number of rotatable bonds is 5. The third kappa shape index (κ3) is 4.49. The summed E-state index contributed by atoms with van der Waals surface area (Å²) in [5, 5.41) is 14.7. The number of hydrogen-bond donors (Lipinski definition) is 2. The molecule has 2 N–H and O–H groups in total. The van der Waals surface area contributed by atoms with E-state index < -0.39 is 0 Å². The van der Waals surface area contributed by atoms with Crippen LogP contribution < -0.4 is 5.32 Å². The number of nitrogens with one attached hydrogen (secondary N) is 2. The predicted molar refractivity (Wildman–Crippen MR) is 135 cm³/mol. The SMILES string of the molecule is O=C(c1cnc(NC2CCOCC2)c(C2CC2)c1)N1CC2CN(C(=O)[C@@H]3CCc4n[nH]nc4C3)C[C@H]2C1. The lowest BCUT2D eigenvalue weighted by molar-refractivity contribution is -0.135. The molecule has 2 aliphatic carbocycles. The normalized spacial score (nSPS) is 27.7. The van der Waals surface area contributed by atoms with Crippen LogP contribution in [0, 0.1) is 17.8 Å². The average molecular weight is 506 g/mol. The van der Waals surface area contributed by atoms with Gasteiger partial charge in [0.25, 0.3) is 5.91 Å². The number of likely N-dealkylation sites (tertiary alicyclic amines) is 2. The molecule has 5 heterocycles. The largest absolute Gasteiger partial charge is 0.381 e. The summed E-state index contributed by atoms with van der Waals surface area (Å²) in [6.07, 6.45) is 8.39. The van der Waals surface area contributed by atoms with Gasteiger partial charge in [-0.05, 0) is 56.1 Å². The second-order valence-corrected chi connectivity index (χ2v) is 11.6. The van der Waals surface area contributed by atoms with Gasteiger partial charge < -0.3 is 19.9 Å². The van der Waals surface area contributed by atoms with Gasteiger partial charge in [-0.3, -0.25) is 9.59 Å². The van der Waals surface area contributed by atoms with Crippen molar-refractivity contribution >= 4 is 17.6 Å². The van der Waals surface area contributed by atoms with E-state index in [1.54, 1.807) is 6.20 Å². The van der Waals surface area contributed by atoms with Gasteiger partial charge in [0.05, 0.1) is 17.0 Å². The molecule has 3 atom stereocenters. The van der Waals surface area contributed by atoms with E-state index in [0.717, 1.165) is 69.2 Å². The number of H-pyrrole nitrogens is 1. The molecule has 1 unspecified atom stereocenters. The molecule has 0 spiro atoms. The highest BCUT2D eigenvalue weighted by Gasteiger charge is 2.45. The van der Waals surface area contributed by atoms with Gasteiger partial charge in [0, 0.05) is 75.8 Å². The van der Waals surface area contributed by atoms with Gasteiger partial charge >= 0.3 is 0 Å². The first-order valence-corrected chi connectivity index (χ1v) is 13.9. The van der Waals surface area contributed by atoms with E-state index in [-0.39, 0.29) is 17.7 Å². The number of hydrogen-bond acceptors (Lipinski definition) is 7. The first-order chi connectivity index (χ1) is 18.1. The smallest absolute Gasteiger partial charge is 0.255 e. The minimum atomic E-state index is -0.00524. The molecule has 37 heavy (non-hydrogen) atoms. The lowest BCUT2D eigenvalue weighted by Crippen LogP contribution is -2.40. The highest BCUT2D eigenvalue weighted by Crippen LogP contribution is 2.44. The number of carbonyl (C=O) groups is 2. The molecule has 10 heteroatoms. The summed E-state index contributed by atoms with van der Waals surface area (Å²) in [6.45, 7) is 4.50. The van der Waals surface area contributed by atoms with Gasteiger partial charge in [0.15, 0.2) is 0 Å². The highest BCUT2D eigenvalue weighted by molar-refractivity contribution is 5.94. The van der Waals surface area contributed by atoms with Crippen molar-refractivity contribution in [1.82, 2.24) is 30.2 Å². The summed E-state index contributed by atoms with van der Waals surface area (Å²) in [5.74, 6) is 2.47. The zero-order valence-electron chi connectivity index (χ0n) is 21.2. The summed E-state index contributed by atoms with van der Waals surface area (Å²) in [4.78, 5) is 35.5. The Morgan fingerprint density at radius 3 is 2.43 bits per heavy atom. The Balaban J connectivity index is 0.981. The van der Waals surface area contributed by atoms with Gasteiger partial charge in [-0.2, -0.15) is 15.4 Å². The monoisotopic (exact) mass is 505 g/mol. The van der Waals surface area contributed by atoms with Crippen LogP contribution >= 0.6 is 0 Å². The van der Waals surface area contributed by atoms with Crippen LogP contribution in [0.5, 0.6) is 0 Å². The molecule has 2 aromatic rings. The fraction of sp³-hybridized carbons (Fsp3) is 0.667. The molecule has 5 aliphatic rings. The standard InChI is InChI=1S/C27H35N7O3/c35-26(17-3-4-23-24(10-17)31-32-30-23)33-12-19-14-34(15-20(19)13-33)27(36)18-9-22(16-1-2-16)25(28-11-18)29-21-5-7-37-8-6-21/h9,11,16-17,19-21H,1-8,10,12-15H2,(H,28,29)(H,30,31,32)/t17-,19+,20?/m1/s1. The highest BCUT2D eigenvalue weighted by atomic mass is 16.5. The fourth-order valence-electron chi connectivity index (χ4n) is 6.74. The molecule has 3 saturated heterocycles. The number of aryl methyl sites for hydroxylation is 1. The van der Waals surface area contributed by atoms with E-state index in [0.29, 0.717) is 48.9 Å². The van der Waals surface area contributed by atoms with Crippen molar-refractivity contribution in [3.8, 4) is 0 Å². The van der Waals surface area contributed by atoms with Crippen LogP contribution in [0.2, 0.25) is 0 Å². The third-order valence-electron chi connectivity index (χ3n) is 9.05. The summed E-state index contributed by atoms with van der Waals surface area (Å²) in [6, 6.07) is 2.47. The van der Waals surface area contributed by atoms with Crippen LogP contribution in [0.15, 0.2) is 12.3 Å². The zero-order chi connectivity index (χ0) is 24.9. The lowest BCUT2D eigenvalue weighted by atomic mass is 9.89. The Morgan fingerprint density at radius 1 is 0.946 bits per heavy atom. The number of nitrogens with zero attached hydrogens (tertiary/aromatic N) is 5. The maximum atomic E-state index is 13.5. The van der Waals surface area contributed by atoms with E-state index in [2.05, 4.69) is 26.8 Å². The Bertz CT molecular complexity index is 1170. The van der Waals surface area contributed by atoms with E-state index in [1.165, 1.54) is 18.4 Å². The number of aromatic nitrogens is 4. The van der Waals surface area contributed by atoms with Crippen molar-refractivity contribution in [2.45, 2.75) is 56.9 Å². The van der Waals surface area contributed by atoms with Crippen LogP contribution in [0.3, 0.4) is 0 Å². The minimum Gasteiger partial charge on any atom is -0.381 e. The molecule has 2 amide bonds. The second kappa shape index (κ2) is 9.38. The quantitative estimate of drug-likeness (QED) is 0.639. The predicted octanol–water partition coefficient (Wildman–Crippen LogP) is 2.00. The molecule has 0 aromatic carbocycles. The van der Waals surface area contributed by atoms with Crippen LogP contribution in [-0.4, -0.2) is 87.4 Å². The topological polar surface area (TPSA) is 116 Å². The van der Waals surface area contributed by atoms with Gasteiger partial charge in [-0.25, -0.2) is 4.98 Å². The number of amides is 2. The van der Waals surface area contributed by atoms with Crippen molar-refractivity contribution in [2.24, 2.45) is 17.8 Å².